The van der Waals surface area contributed by atoms with E-state index in [4.69, 9.17) is 5.11 Å². The van der Waals surface area contributed by atoms with Crippen LogP contribution in [0.3, 0.4) is 0 Å². The molecule has 0 aliphatic carbocycles. The van der Waals surface area contributed by atoms with Gasteiger partial charge in [0.1, 0.15) is 12.4 Å². The number of carboxylic acids is 1. The lowest BCUT2D eigenvalue weighted by Gasteiger charge is -2.03. The third kappa shape index (κ3) is 3.57. The van der Waals surface area contributed by atoms with E-state index in [2.05, 4.69) is 20.6 Å². The molecule has 0 radical (unpaired) electrons. The van der Waals surface area contributed by atoms with Gasteiger partial charge in [0.05, 0.1) is 6.54 Å². The minimum atomic E-state index is -1.09. The predicted molar refractivity (Wildman–Crippen MR) is 46.5 cm³/mol. The van der Waals surface area contributed by atoms with Crippen LogP contribution in [-0.2, 0) is 11.3 Å². The summed E-state index contributed by atoms with van der Waals surface area (Å²) in [5.74, 6) is -0.478. The molecule has 0 aliphatic rings. The van der Waals surface area contributed by atoms with Gasteiger partial charge in [-0.05, 0) is 0 Å². The number of hydrogen-bond acceptors (Lipinski definition) is 3. The maximum absolute atomic E-state index is 10.9. The number of carbonyl (C=O) groups excluding carboxylic acids is 1. The van der Waals surface area contributed by atoms with Crippen molar-refractivity contribution in [2.75, 3.05) is 6.54 Å². The second kappa shape index (κ2) is 4.85. The molecule has 0 saturated carbocycles. The zero-order valence-electron chi connectivity index (χ0n) is 7.28. The largest absolute Gasteiger partial charge is 0.480 e. The number of aromatic nitrogens is 2. The van der Waals surface area contributed by atoms with Gasteiger partial charge in [0.15, 0.2) is 0 Å². The van der Waals surface area contributed by atoms with E-state index in [9.17, 15) is 9.59 Å². The Morgan fingerprint density at radius 2 is 2.29 bits per heavy atom. The number of imidazole rings is 1. The molecule has 2 amide bonds. The molecule has 4 N–H and O–H groups in total. The highest BCUT2D eigenvalue weighted by Crippen LogP contribution is 1.85. The topological polar surface area (TPSA) is 107 Å². The lowest BCUT2D eigenvalue weighted by Crippen LogP contribution is -2.38. The Morgan fingerprint density at radius 3 is 2.86 bits per heavy atom. The van der Waals surface area contributed by atoms with E-state index in [0.717, 1.165) is 0 Å². The number of aliphatic carboxylic acids is 1. The minimum Gasteiger partial charge on any atom is -0.480 e. The van der Waals surface area contributed by atoms with Gasteiger partial charge in [-0.2, -0.15) is 0 Å². The highest BCUT2D eigenvalue weighted by molar-refractivity contribution is 5.79. The van der Waals surface area contributed by atoms with Crippen LogP contribution in [0.25, 0.3) is 0 Å². The number of aromatic amines is 1. The summed E-state index contributed by atoms with van der Waals surface area (Å²) in [5.41, 5.74) is 0. The number of carboxylic acid groups (broad SMARTS) is 1. The lowest BCUT2D eigenvalue weighted by molar-refractivity contribution is -0.135. The highest BCUT2D eigenvalue weighted by Gasteiger charge is 2.02. The summed E-state index contributed by atoms with van der Waals surface area (Å²) in [4.78, 5) is 27.6. The van der Waals surface area contributed by atoms with Crippen molar-refractivity contribution in [2.45, 2.75) is 6.54 Å². The van der Waals surface area contributed by atoms with Crippen LogP contribution in [0.5, 0.6) is 0 Å². The van der Waals surface area contributed by atoms with Crippen LogP contribution in [-0.4, -0.2) is 33.6 Å². The summed E-state index contributed by atoms with van der Waals surface area (Å²) in [5, 5.41) is 12.8. The molecule has 1 aromatic rings. The van der Waals surface area contributed by atoms with Gasteiger partial charge in [-0.3, -0.25) is 4.79 Å². The first-order valence-electron chi connectivity index (χ1n) is 3.90. The molecule has 0 unspecified atom stereocenters. The standard InChI is InChI=1S/C7H10N4O3/c12-6(13)4-11-7(14)10-3-5-8-1-2-9-5/h1-2H,3-4H2,(H,8,9)(H,12,13)(H2,10,11,14). The van der Waals surface area contributed by atoms with Crippen molar-refractivity contribution in [1.29, 1.82) is 0 Å². The van der Waals surface area contributed by atoms with Crippen LogP contribution in [0.1, 0.15) is 5.82 Å². The maximum atomic E-state index is 10.9. The van der Waals surface area contributed by atoms with Crippen molar-refractivity contribution in [3.63, 3.8) is 0 Å². The number of nitrogens with zero attached hydrogens (tertiary/aromatic N) is 1. The Kier molecular flexibility index (Phi) is 3.48. The molecule has 1 aromatic heterocycles. The molecule has 1 rings (SSSR count). The van der Waals surface area contributed by atoms with Gasteiger partial charge >= 0.3 is 12.0 Å². The highest BCUT2D eigenvalue weighted by atomic mass is 16.4. The Labute approximate surface area is 79.5 Å². The van der Waals surface area contributed by atoms with Gasteiger partial charge in [0.2, 0.25) is 0 Å². The van der Waals surface area contributed by atoms with E-state index in [1.54, 1.807) is 12.4 Å². The first-order chi connectivity index (χ1) is 6.68. The third-order valence-corrected chi connectivity index (χ3v) is 1.37. The van der Waals surface area contributed by atoms with Crippen molar-refractivity contribution < 1.29 is 14.7 Å². The maximum Gasteiger partial charge on any atom is 0.323 e. The third-order valence-electron chi connectivity index (χ3n) is 1.37. The molecule has 1 heterocycles. The number of amides is 2. The minimum absolute atomic E-state index is 0.235. The molecular weight excluding hydrogens is 188 g/mol. The molecule has 0 spiro atoms. The summed E-state index contributed by atoms with van der Waals surface area (Å²) in [6.07, 6.45) is 3.19. The molecule has 0 atom stereocenters. The molecule has 0 aromatic carbocycles. The van der Waals surface area contributed by atoms with Crippen molar-refractivity contribution >= 4 is 12.0 Å². The van der Waals surface area contributed by atoms with Gasteiger partial charge < -0.3 is 20.7 Å². The number of rotatable bonds is 4. The van der Waals surface area contributed by atoms with E-state index in [0.29, 0.717) is 5.82 Å². The summed E-state index contributed by atoms with van der Waals surface area (Å²) in [7, 11) is 0. The van der Waals surface area contributed by atoms with Crippen LogP contribution >= 0.6 is 0 Å². The second-order valence-corrected chi connectivity index (χ2v) is 2.47. The quantitative estimate of drug-likeness (QED) is 0.512. The Hall–Kier alpha value is -2.05. The van der Waals surface area contributed by atoms with Crippen molar-refractivity contribution in [3.05, 3.63) is 18.2 Å². The van der Waals surface area contributed by atoms with Crippen LogP contribution in [0.4, 0.5) is 4.79 Å². The number of urea groups is 1. The first-order valence-corrected chi connectivity index (χ1v) is 3.90. The van der Waals surface area contributed by atoms with Gasteiger partial charge in [0, 0.05) is 12.4 Å². The summed E-state index contributed by atoms with van der Waals surface area (Å²) in [6.45, 7) is -0.164. The van der Waals surface area contributed by atoms with Gasteiger partial charge in [-0.15, -0.1) is 0 Å². The first kappa shape index (κ1) is 10.0. The number of hydrogen-bond donors (Lipinski definition) is 4. The summed E-state index contributed by atoms with van der Waals surface area (Å²) >= 11 is 0. The van der Waals surface area contributed by atoms with E-state index >= 15 is 0 Å². The van der Waals surface area contributed by atoms with Gasteiger partial charge in [0.25, 0.3) is 0 Å². The molecule has 7 nitrogen and oxygen atoms in total. The molecule has 0 bridgehead atoms. The summed E-state index contributed by atoms with van der Waals surface area (Å²) < 4.78 is 0. The zero-order chi connectivity index (χ0) is 10.4. The lowest BCUT2D eigenvalue weighted by atomic mass is 10.6. The van der Waals surface area contributed by atoms with E-state index in [1.807, 2.05) is 0 Å². The summed E-state index contributed by atoms with van der Waals surface area (Å²) in [6, 6.07) is -0.538. The normalized spacial score (nSPS) is 9.43. The van der Waals surface area contributed by atoms with Gasteiger partial charge in [-0.25, -0.2) is 9.78 Å². The smallest absolute Gasteiger partial charge is 0.323 e. The number of H-pyrrole nitrogens is 1. The Bertz CT molecular complexity index is 309. The molecule has 0 saturated heterocycles. The SMILES string of the molecule is O=C(O)CNC(=O)NCc1ncc[nH]1. The fraction of sp³-hybridized carbons (Fsp3) is 0.286. The number of carbonyl (C=O) groups is 2. The fourth-order valence-corrected chi connectivity index (χ4v) is 0.777. The number of nitrogens with one attached hydrogen (secondary N) is 3. The van der Waals surface area contributed by atoms with Crippen molar-refractivity contribution in [2.24, 2.45) is 0 Å². The van der Waals surface area contributed by atoms with Crippen molar-refractivity contribution in [3.8, 4) is 0 Å². The average molecular weight is 198 g/mol. The average Bonchev–Trinajstić information content (AvgIpc) is 2.63. The van der Waals surface area contributed by atoms with Crippen LogP contribution < -0.4 is 10.6 Å². The van der Waals surface area contributed by atoms with Crippen LogP contribution in [0.2, 0.25) is 0 Å². The van der Waals surface area contributed by atoms with E-state index < -0.39 is 18.5 Å². The predicted octanol–water partition coefficient (Wildman–Crippen LogP) is -0.707. The van der Waals surface area contributed by atoms with Crippen molar-refractivity contribution in [1.82, 2.24) is 20.6 Å². The molecule has 14 heavy (non-hydrogen) atoms. The monoisotopic (exact) mass is 198 g/mol. The molecule has 0 fully saturated rings. The molecule has 7 heteroatoms. The molecular formula is C7H10N4O3. The van der Waals surface area contributed by atoms with Crippen LogP contribution in [0.15, 0.2) is 12.4 Å². The zero-order valence-corrected chi connectivity index (χ0v) is 7.28. The Morgan fingerprint density at radius 1 is 1.50 bits per heavy atom. The molecule has 0 aliphatic heterocycles. The molecule has 76 valence electrons. The van der Waals surface area contributed by atoms with E-state index in [1.165, 1.54) is 0 Å². The van der Waals surface area contributed by atoms with E-state index in [-0.39, 0.29) is 6.54 Å². The van der Waals surface area contributed by atoms with Crippen LogP contribution in [0, 0.1) is 0 Å². The second-order valence-electron chi connectivity index (χ2n) is 2.47. The Balaban J connectivity index is 2.18. The van der Waals surface area contributed by atoms with Gasteiger partial charge in [-0.1, -0.05) is 0 Å². The fourth-order valence-electron chi connectivity index (χ4n) is 0.777.